The maximum absolute atomic E-state index is 14.9. The molecular formula is C24H25FN2O3S. The number of hydrogen-bond acceptors (Lipinski definition) is 4. The second kappa shape index (κ2) is 9.92. The van der Waals surface area contributed by atoms with Gasteiger partial charge < -0.3 is 14.6 Å². The maximum Gasteiger partial charge on any atom is 0.247 e. The normalized spacial score (nSPS) is 15.0. The van der Waals surface area contributed by atoms with E-state index in [9.17, 15) is 14.0 Å². The molecule has 0 radical (unpaired) electrons. The Morgan fingerprint density at radius 1 is 1.13 bits per heavy atom. The second-order valence-electron chi connectivity index (χ2n) is 7.77. The highest BCUT2D eigenvalue weighted by Crippen LogP contribution is 2.28. The summed E-state index contributed by atoms with van der Waals surface area (Å²) in [6.07, 6.45) is 5.58. The molecule has 1 fully saturated rings. The van der Waals surface area contributed by atoms with Crippen molar-refractivity contribution in [3.63, 3.8) is 0 Å². The van der Waals surface area contributed by atoms with Crippen molar-refractivity contribution in [1.82, 2.24) is 10.2 Å². The number of nitrogens with one attached hydrogen (secondary N) is 1. The highest BCUT2D eigenvalue weighted by atomic mass is 32.1. The number of benzene rings is 1. The van der Waals surface area contributed by atoms with Gasteiger partial charge in [-0.15, -0.1) is 11.3 Å². The van der Waals surface area contributed by atoms with Crippen molar-refractivity contribution in [2.24, 2.45) is 0 Å². The van der Waals surface area contributed by atoms with Crippen LogP contribution in [-0.2, 0) is 22.6 Å². The number of halogens is 1. The molecule has 1 saturated carbocycles. The Balaban J connectivity index is 1.69. The predicted molar refractivity (Wildman–Crippen MR) is 117 cm³/mol. The first-order valence-corrected chi connectivity index (χ1v) is 11.4. The van der Waals surface area contributed by atoms with Crippen molar-refractivity contribution >= 4 is 23.2 Å². The summed E-state index contributed by atoms with van der Waals surface area (Å²) in [5.74, 6) is -0.589. The molecule has 1 N–H and O–H groups in total. The Morgan fingerprint density at radius 2 is 1.94 bits per heavy atom. The zero-order valence-corrected chi connectivity index (χ0v) is 17.9. The van der Waals surface area contributed by atoms with Crippen LogP contribution in [0.25, 0.3) is 0 Å². The minimum absolute atomic E-state index is 0.0552. The van der Waals surface area contributed by atoms with E-state index in [4.69, 9.17) is 4.42 Å². The van der Waals surface area contributed by atoms with Crippen molar-refractivity contribution in [3.05, 3.63) is 82.2 Å². The van der Waals surface area contributed by atoms with Crippen LogP contribution in [0.15, 0.2) is 64.6 Å². The Kier molecular flexibility index (Phi) is 6.82. The molecule has 0 spiro atoms. The molecule has 0 unspecified atom stereocenters. The summed E-state index contributed by atoms with van der Waals surface area (Å²) in [7, 11) is 0. The first kappa shape index (κ1) is 21.3. The standard InChI is InChI=1S/C24H25FN2O3S/c25-21-12-4-3-11-20(21)23(24(29)26-17-7-1-2-8-17)27(16-18-9-5-13-30-18)22(28)15-19-10-6-14-31-19/h3-6,9-14,17,23H,1-2,7-8,15-16H2,(H,26,29)/t23-/m1/s1. The summed E-state index contributed by atoms with van der Waals surface area (Å²) in [6.45, 7) is 0.0777. The molecule has 3 aromatic rings. The molecule has 1 atom stereocenters. The highest BCUT2D eigenvalue weighted by Gasteiger charge is 2.35. The largest absolute Gasteiger partial charge is 0.467 e. The number of hydrogen-bond donors (Lipinski definition) is 1. The van der Waals surface area contributed by atoms with Gasteiger partial charge in [0.2, 0.25) is 11.8 Å². The Morgan fingerprint density at radius 3 is 2.61 bits per heavy atom. The minimum Gasteiger partial charge on any atom is -0.467 e. The molecule has 2 heterocycles. The summed E-state index contributed by atoms with van der Waals surface area (Å²) < 4.78 is 20.3. The zero-order chi connectivity index (χ0) is 21.6. The molecule has 7 heteroatoms. The predicted octanol–water partition coefficient (Wildman–Crippen LogP) is 4.85. The molecule has 31 heavy (non-hydrogen) atoms. The lowest BCUT2D eigenvalue weighted by Crippen LogP contribution is -2.46. The van der Waals surface area contributed by atoms with Crippen molar-refractivity contribution < 1.29 is 18.4 Å². The smallest absolute Gasteiger partial charge is 0.247 e. The molecule has 1 aliphatic rings. The van der Waals surface area contributed by atoms with E-state index in [1.807, 2.05) is 17.5 Å². The van der Waals surface area contributed by atoms with Gasteiger partial charge in [0.05, 0.1) is 19.2 Å². The summed E-state index contributed by atoms with van der Waals surface area (Å²) in [5, 5.41) is 4.95. The monoisotopic (exact) mass is 440 g/mol. The van der Waals surface area contributed by atoms with E-state index in [1.54, 1.807) is 30.3 Å². The van der Waals surface area contributed by atoms with Gasteiger partial charge in [0, 0.05) is 16.5 Å². The van der Waals surface area contributed by atoms with Crippen LogP contribution in [0, 0.1) is 5.82 Å². The van der Waals surface area contributed by atoms with Gasteiger partial charge in [0.15, 0.2) is 0 Å². The van der Waals surface area contributed by atoms with Crippen molar-refractivity contribution in [2.45, 2.75) is 50.7 Å². The van der Waals surface area contributed by atoms with Crippen LogP contribution in [0.4, 0.5) is 4.39 Å². The van der Waals surface area contributed by atoms with Crippen LogP contribution in [0.1, 0.15) is 47.9 Å². The van der Waals surface area contributed by atoms with Gasteiger partial charge in [-0.1, -0.05) is 37.1 Å². The third-order valence-corrected chi connectivity index (χ3v) is 6.47. The lowest BCUT2D eigenvalue weighted by molar-refractivity contribution is -0.141. The molecule has 0 aliphatic heterocycles. The molecular weight excluding hydrogens is 415 g/mol. The molecule has 162 valence electrons. The van der Waals surface area contributed by atoms with Gasteiger partial charge in [0.25, 0.3) is 0 Å². The van der Waals surface area contributed by atoms with Gasteiger partial charge in [-0.25, -0.2) is 4.39 Å². The number of carbonyl (C=O) groups excluding carboxylic acids is 2. The summed E-state index contributed by atoms with van der Waals surface area (Å²) in [4.78, 5) is 29.1. The van der Waals surface area contributed by atoms with Gasteiger partial charge in [0.1, 0.15) is 17.6 Å². The van der Waals surface area contributed by atoms with E-state index in [1.165, 1.54) is 28.6 Å². The van der Waals surface area contributed by atoms with E-state index < -0.39 is 11.9 Å². The third kappa shape index (κ3) is 5.22. The van der Waals surface area contributed by atoms with Crippen LogP contribution in [0.3, 0.4) is 0 Å². The Hall–Kier alpha value is -2.93. The lowest BCUT2D eigenvalue weighted by atomic mass is 10.0. The lowest BCUT2D eigenvalue weighted by Gasteiger charge is -2.32. The van der Waals surface area contributed by atoms with E-state index in [2.05, 4.69) is 5.32 Å². The highest BCUT2D eigenvalue weighted by molar-refractivity contribution is 7.10. The Labute approximate surface area is 184 Å². The second-order valence-corrected chi connectivity index (χ2v) is 8.80. The minimum atomic E-state index is -1.08. The first-order valence-electron chi connectivity index (χ1n) is 10.5. The SMILES string of the molecule is O=C(NC1CCCC1)[C@@H](c1ccccc1F)N(Cc1ccco1)C(=O)Cc1cccs1. The van der Waals surface area contributed by atoms with Crippen molar-refractivity contribution in [1.29, 1.82) is 0 Å². The van der Waals surface area contributed by atoms with Gasteiger partial charge >= 0.3 is 0 Å². The van der Waals surface area contributed by atoms with Crippen LogP contribution in [-0.4, -0.2) is 22.8 Å². The number of carbonyl (C=O) groups is 2. The van der Waals surface area contributed by atoms with Gasteiger partial charge in [-0.3, -0.25) is 9.59 Å². The van der Waals surface area contributed by atoms with Gasteiger partial charge in [-0.05, 0) is 42.5 Å². The van der Waals surface area contributed by atoms with Crippen LogP contribution < -0.4 is 5.32 Å². The fourth-order valence-corrected chi connectivity index (χ4v) is 4.75. The summed E-state index contributed by atoms with van der Waals surface area (Å²) in [6, 6.07) is 12.4. The molecule has 0 saturated heterocycles. The van der Waals surface area contributed by atoms with E-state index in [-0.39, 0.29) is 36.4 Å². The number of amides is 2. The van der Waals surface area contributed by atoms with E-state index in [0.29, 0.717) is 5.76 Å². The van der Waals surface area contributed by atoms with Crippen LogP contribution in [0.2, 0.25) is 0 Å². The fraction of sp³-hybridized carbons (Fsp3) is 0.333. The van der Waals surface area contributed by atoms with Crippen LogP contribution >= 0.6 is 11.3 Å². The quantitative estimate of drug-likeness (QED) is 0.545. The van der Waals surface area contributed by atoms with Gasteiger partial charge in [-0.2, -0.15) is 0 Å². The summed E-state index contributed by atoms with van der Waals surface area (Å²) >= 11 is 1.48. The topological polar surface area (TPSA) is 62.6 Å². The number of thiophene rings is 1. The molecule has 1 aliphatic carbocycles. The number of furan rings is 1. The first-order chi connectivity index (χ1) is 15.1. The fourth-order valence-electron chi connectivity index (χ4n) is 4.06. The average Bonchev–Trinajstić information content (AvgIpc) is 3.53. The Bertz CT molecular complexity index is 998. The molecule has 4 rings (SSSR count). The maximum atomic E-state index is 14.9. The zero-order valence-electron chi connectivity index (χ0n) is 17.1. The van der Waals surface area contributed by atoms with Crippen molar-refractivity contribution in [3.8, 4) is 0 Å². The molecule has 0 bridgehead atoms. The number of nitrogens with zero attached hydrogens (tertiary/aromatic N) is 1. The average molecular weight is 441 g/mol. The molecule has 5 nitrogen and oxygen atoms in total. The van der Waals surface area contributed by atoms with E-state index >= 15 is 0 Å². The number of rotatable bonds is 8. The van der Waals surface area contributed by atoms with Crippen molar-refractivity contribution in [2.75, 3.05) is 0 Å². The molecule has 1 aromatic carbocycles. The third-order valence-electron chi connectivity index (χ3n) is 5.59. The molecule has 2 aromatic heterocycles. The van der Waals surface area contributed by atoms with Crippen LogP contribution in [0.5, 0.6) is 0 Å². The molecule has 2 amide bonds. The summed E-state index contributed by atoms with van der Waals surface area (Å²) in [5.41, 5.74) is 0.184. The van der Waals surface area contributed by atoms with E-state index in [0.717, 1.165) is 30.6 Å².